The molecule has 0 bridgehead atoms. The van der Waals surface area contributed by atoms with Crippen molar-refractivity contribution in [2.24, 2.45) is 62.1 Å². The van der Waals surface area contributed by atoms with Crippen LogP contribution in [0.25, 0.3) is 0 Å². The first kappa shape index (κ1) is 36.9. The van der Waals surface area contributed by atoms with Crippen LogP contribution in [0, 0.1) is 62.1 Å². The number of hydrogen-bond acceptors (Lipinski definition) is 5. The highest BCUT2D eigenvalue weighted by molar-refractivity contribution is 5.77. The summed E-state index contributed by atoms with van der Waals surface area (Å²) < 4.78 is 6.27. The average molecular weight is 682 g/mol. The molecule has 11 atom stereocenters. The van der Waals surface area contributed by atoms with Crippen LogP contribution in [0.4, 0.5) is 0 Å². The fourth-order valence-corrected chi connectivity index (χ4v) is 14.2. The van der Waals surface area contributed by atoms with Gasteiger partial charge in [-0.05, 0) is 134 Å². The Labute approximate surface area is 296 Å². The number of carbonyl (C=O) groups is 3. The molecule has 2 N–H and O–H groups in total. The van der Waals surface area contributed by atoms with Crippen molar-refractivity contribution in [2.45, 2.75) is 157 Å². The number of esters is 1. The molecule has 1 amide bonds. The Kier molecular flexibility index (Phi) is 9.31. The van der Waals surface area contributed by atoms with Crippen LogP contribution in [0.5, 0.6) is 0 Å². The molecule has 49 heavy (non-hydrogen) atoms. The second kappa shape index (κ2) is 12.4. The average Bonchev–Trinajstić information content (AvgIpc) is 3.58. The van der Waals surface area contributed by atoms with E-state index in [9.17, 15) is 24.6 Å². The third-order valence-corrected chi connectivity index (χ3v) is 16.7. The molecule has 6 fully saturated rings. The van der Waals surface area contributed by atoms with E-state index in [-0.39, 0.29) is 64.0 Å². The van der Waals surface area contributed by atoms with E-state index in [1.807, 2.05) is 18.7 Å². The van der Waals surface area contributed by atoms with Gasteiger partial charge in [0.2, 0.25) is 5.91 Å². The van der Waals surface area contributed by atoms with Crippen LogP contribution in [-0.4, -0.2) is 58.3 Å². The van der Waals surface area contributed by atoms with Gasteiger partial charge in [0.15, 0.2) is 0 Å². The molecule has 0 radical (unpaired) electrons. The summed E-state index contributed by atoms with van der Waals surface area (Å²) >= 11 is 0. The van der Waals surface area contributed by atoms with Gasteiger partial charge in [-0.25, -0.2) is 0 Å². The van der Waals surface area contributed by atoms with E-state index < -0.39 is 11.4 Å². The predicted octanol–water partition coefficient (Wildman–Crippen LogP) is 8.43. The quantitative estimate of drug-likeness (QED) is 0.197. The lowest BCUT2D eigenvalue weighted by Crippen LogP contribution is -2.67. The summed E-state index contributed by atoms with van der Waals surface area (Å²) in [6.45, 7) is 24.1. The fraction of sp³-hybridized carbons (Fsp3) is 0.881. The molecular weight excluding hydrogens is 614 g/mol. The molecule has 1 heterocycles. The van der Waals surface area contributed by atoms with Crippen LogP contribution in [0.1, 0.15) is 145 Å². The molecule has 0 aromatic rings. The number of carbonyl (C=O) groups excluding carboxylic acids is 2. The molecule has 7 nitrogen and oxygen atoms in total. The minimum atomic E-state index is -0.886. The molecule has 6 aliphatic rings. The van der Waals surface area contributed by atoms with Crippen molar-refractivity contribution in [3.8, 4) is 0 Å². The van der Waals surface area contributed by atoms with Crippen LogP contribution >= 0.6 is 0 Å². The Balaban J connectivity index is 1.23. The first-order chi connectivity index (χ1) is 22.7. The van der Waals surface area contributed by atoms with Crippen LogP contribution < -0.4 is 0 Å². The summed E-state index contributed by atoms with van der Waals surface area (Å²) in [6.07, 6.45) is 12.1. The molecule has 1 aliphatic heterocycles. The number of fused-ring (bicyclic) bond motifs is 7. The summed E-state index contributed by atoms with van der Waals surface area (Å²) in [7, 11) is 0. The Bertz CT molecular complexity index is 1350. The van der Waals surface area contributed by atoms with Gasteiger partial charge in [-0.1, -0.05) is 60.6 Å². The number of carboxylic acids is 1. The van der Waals surface area contributed by atoms with E-state index >= 15 is 0 Å². The number of nitrogens with zero attached hydrogens (tertiary/aromatic N) is 1. The Morgan fingerprint density at radius 1 is 0.857 bits per heavy atom. The number of hydrogen-bond donors (Lipinski definition) is 2. The first-order valence-corrected chi connectivity index (χ1v) is 19.7. The SMILES string of the molecule is C=C(C)[C@@H]1CC[C@]2(CC(=O)N3CC[C@@H](O)C3)CC[C@]3(C)[C@H](CC[C@@H]4[C@@]5(C)CC[C@H](OC(=O)CC(C)(C)CC(=O)O)C(C)(C)[C@@H]5CC[C@]43C)[C@@H]12. The maximum absolute atomic E-state index is 13.8. The van der Waals surface area contributed by atoms with Gasteiger partial charge in [0.1, 0.15) is 6.10 Å². The minimum absolute atomic E-state index is 0.0334. The maximum atomic E-state index is 13.8. The summed E-state index contributed by atoms with van der Waals surface area (Å²) in [5.41, 5.74) is 1.06. The highest BCUT2D eigenvalue weighted by atomic mass is 16.5. The zero-order chi connectivity index (χ0) is 35.9. The van der Waals surface area contributed by atoms with Gasteiger partial charge < -0.3 is 19.8 Å². The standard InChI is InChI=1S/C42H67NO6/c1-26(2)28-12-18-42(22-33(45)43-21-15-27(44)25-43)20-19-40(8)29(36(28)42)10-11-31-39(7)16-14-32(38(5,6)30(39)13-17-41(31,40)9)49-35(48)24-37(3,4)23-34(46)47/h27-32,36,44H,1,10-25H2,2-9H3,(H,46,47)/t27-,28+,29-,30+,31-,32+,36-,39+,40-,41-,42-/m1/s1. The van der Waals surface area contributed by atoms with Crippen LogP contribution in [0.15, 0.2) is 12.2 Å². The van der Waals surface area contributed by atoms with Gasteiger partial charge in [-0.3, -0.25) is 14.4 Å². The smallest absolute Gasteiger partial charge is 0.306 e. The number of rotatable bonds is 8. The predicted molar refractivity (Wildman–Crippen MR) is 191 cm³/mol. The van der Waals surface area contributed by atoms with Crippen LogP contribution in [0.3, 0.4) is 0 Å². The second-order valence-electron chi connectivity index (χ2n) is 20.3. The normalized spacial score (nSPS) is 44.3. The van der Waals surface area contributed by atoms with Crippen molar-refractivity contribution in [1.29, 1.82) is 0 Å². The number of aliphatic hydroxyl groups is 1. The number of β-amino-alcohol motifs (C(OH)–C–C–N with tert-alkyl or cyclic N) is 1. The fourth-order valence-electron chi connectivity index (χ4n) is 14.2. The zero-order valence-electron chi connectivity index (χ0n) is 32.0. The molecule has 5 saturated carbocycles. The van der Waals surface area contributed by atoms with E-state index in [4.69, 9.17) is 4.74 Å². The van der Waals surface area contributed by atoms with Gasteiger partial charge in [-0.2, -0.15) is 0 Å². The zero-order valence-corrected chi connectivity index (χ0v) is 32.0. The molecule has 0 unspecified atom stereocenters. The van der Waals surface area contributed by atoms with Crippen LogP contribution in [0.2, 0.25) is 0 Å². The van der Waals surface area contributed by atoms with E-state index in [1.165, 1.54) is 31.3 Å². The monoisotopic (exact) mass is 681 g/mol. The molecule has 0 spiro atoms. The molecule has 1 saturated heterocycles. The lowest BCUT2D eigenvalue weighted by Gasteiger charge is -2.73. The summed E-state index contributed by atoms with van der Waals surface area (Å²) in [5, 5.41) is 19.5. The molecule has 0 aromatic carbocycles. The Hall–Kier alpha value is -1.89. The van der Waals surface area contributed by atoms with Gasteiger partial charge in [-0.15, -0.1) is 0 Å². The van der Waals surface area contributed by atoms with Gasteiger partial charge in [0, 0.05) is 24.9 Å². The van der Waals surface area contributed by atoms with Crippen molar-refractivity contribution in [1.82, 2.24) is 4.90 Å². The van der Waals surface area contributed by atoms with Gasteiger partial charge in [0.05, 0.1) is 18.9 Å². The number of likely N-dealkylation sites (tertiary alicyclic amines) is 1. The molecule has 0 aromatic heterocycles. The first-order valence-electron chi connectivity index (χ1n) is 19.7. The van der Waals surface area contributed by atoms with Crippen LogP contribution in [-0.2, 0) is 19.1 Å². The van der Waals surface area contributed by atoms with E-state index in [0.29, 0.717) is 55.5 Å². The third kappa shape index (κ3) is 5.92. The molecule has 7 heteroatoms. The lowest BCUT2D eigenvalue weighted by molar-refractivity contribution is -0.250. The highest BCUT2D eigenvalue weighted by Crippen LogP contribution is 2.78. The Morgan fingerprint density at radius 3 is 2.20 bits per heavy atom. The molecule has 276 valence electrons. The van der Waals surface area contributed by atoms with Crippen molar-refractivity contribution >= 4 is 17.8 Å². The lowest BCUT2D eigenvalue weighted by atomic mass is 9.32. The highest BCUT2D eigenvalue weighted by Gasteiger charge is 2.71. The number of amides is 1. The van der Waals surface area contributed by atoms with E-state index in [0.717, 1.165) is 38.5 Å². The number of aliphatic carboxylic acids is 1. The second-order valence-corrected chi connectivity index (χ2v) is 20.3. The molecular formula is C42H67NO6. The molecule has 6 rings (SSSR count). The van der Waals surface area contributed by atoms with E-state index in [1.54, 1.807) is 0 Å². The number of carboxylic acid groups (broad SMARTS) is 1. The van der Waals surface area contributed by atoms with Crippen molar-refractivity contribution in [3.05, 3.63) is 12.2 Å². The Morgan fingerprint density at radius 2 is 1.57 bits per heavy atom. The summed E-state index contributed by atoms with van der Waals surface area (Å²) in [5.74, 6) is 1.67. The number of aliphatic hydroxyl groups excluding tert-OH is 1. The van der Waals surface area contributed by atoms with Crippen molar-refractivity contribution < 1.29 is 29.3 Å². The maximum Gasteiger partial charge on any atom is 0.306 e. The van der Waals surface area contributed by atoms with E-state index in [2.05, 4.69) is 48.1 Å². The van der Waals surface area contributed by atoms with Crippen molar-refractivity contribution in [3.63, 3.8) is 0 Å². The van der Waals surface area contributed by atoms with Gasteiger partial charge in [0.25, 0.3) is 0 Å². The topological polar surface area (TPSA) is 104 Å². The molecule has 5 aliphatic carbocycles. The number of allylic oxidation sites excluding steroid dienone is 1. The largest absolute Gasteiger partial charge is 0.481 e. The minimum Gasteiger partial charge on any atom is -0.481 e. The number of ether oxygens (including phenoxy) is 1. The van der Waals surface area contributed by atoms with Gasteiger partial charge >= 0.3 is 11.9 Å². The summed E-state index contributed by atoms with van der Waals surface area (Å²) in [6, 6.07) is 0. The third-order valence-electron chi connectivity index (χ3n) is 16.7. The van der Waals surface area contributed by atoms with Crippen molar-refractivity contribution in [2.75, 3.05) is 13.1 Å². The summed E-state index contributed by atoms with van der Waals surface area (Å²) in [4.78, 5) is 40.3.